The van der Waals surface area contributed by atoms with E-state index in [0.29, 0.717) is 11.6 Å². The molecule has 2 aromatic carbocycles. The number of tetrazole rings is 1. The maximum atomic E-state index is 12.3. The summed E-state index contributed by atoms with van der Waals surface area (Å²) in [5.41, 5.74) is 1.67. The molecular formula is C21H19N7O3. The largest absolute Gasteiger partial charge is 0.355 e. The Morgan fingerprint density at radius 1 is 1.06 bits per heavy atom. The van der Waals surface area contributed by atoms with Crippen LogP contribution in [0.2, 0.25) is 0 Å². The van der Waals surface area contributed by atoms with Crippen molar-refractivity contribution < 1.29 is 14.1 Å². The van der Waals surface area contributed by atoms with Gasteiger partial charge in [-0.2, -0.15) is 4.68 Å². The highest BCUT2D eigenvalue weighted by Crippen LogP contribution is 2.19. The van der Waals surface area contributed by atoms with Gasteiger partial charge in [0.15, 0.2) is 17.3 Å². The number of carbonyl (C=O) groups is 2. The molecular weight excluding hydrogens is 398 g/mol. The number of hydrogen-bond donors (Lipinski definition) is 2. The summed E-state index contributed by atoms with van der Waals surface area (Å²) in [7, 11) is 0. The van der Waals surface area contributed by atoms with Gasteiger partial charge in [0.1, 0.15) is 0 Å². The molecule has 0 fully saturated rings. The molecule has 2 aromatic heterocycles. The molecule has 156 valence electrons. The standard InChI is InChI=1S/C21H19N7O3/c1-14(20-24-26-27-28(20)16-10-6-3-7-11-16)23-19(29)13-22-21(30)17-12-18(31-25-17)15-8-4-2-5-9-15/h2-12,14H,13H2,1H3,(H,22,30)(H,23,29). The molecule has 0 spiro atoms. The van der Waals surface area contributed by atoms with E-state index in [2.05, 4.69) is 31.3 Å². The van der Waals surface area contributed by atoms with E-state index in [9.17, 15) is 9.59 Å². The van der Waals surface area contributed by atoms with Gasteiger partial charge in [-0.15, -0.1) is 5.10 Å². The Morgan fingerprint density at radius 2 is 1.77 bits per heavy atom. The quantitative estimate of drug-likeness (QED) is 0.470. The Kier molecular flexibility index (Phi) is 5.79. The van der Waals surface area contributed by atoms with E-state index < -0.39 is 17.9 Å². The molecule has 0 saturated heterocycles. The van der Waals surface area contributed by atoms with Crippen molar-refractivity contribution in [2.24, 2.45) is 0 Å². The molecule has 0 aliphatic carbocycles. The van der Waals surface area contributed by atoms with E-state index in [1.807, 2.05) is 60.7 Å². The lowest BCUT2D eigenvalue weighted by Gasteiger charge is -2.13. The maximum absolute atomic E-state index is 12.3. The van der Waals surface area contributed by atoms with Gasteiger partial charge in [0.2, 0.25) is 5.91 Å². The Labute approximate surface area is 177 Å². The van der Waals surface area contributed by atoms with Gasteiger partial charge in [0.25, 0.3) is 5.91 Å². The molecule has 4 aromatic rings. The van der Waals surface area contributed by atoms with E-state index in [1.54, 1.807) is 11.6 Å². The molecule has 2 amide bonds. The molecule has 31 heavy (non-hydrogen) atoms. The number of rotatable bonds is 7. The first-order valence-corrected chi connectivity index (χ1v) is 9.55. The minimum absolute atomic E-state index is 0.0905. The minimum Gasteiger partial charge on any atom is -0.355 e. The molecule has 0 aliphatic heterocycles. The second-order valence-electron chi connectivity index (χ2n) is 6.70. The van der Waals surface area contributed by atoms with Gasteiger partial charge in [0, 0.05) is 11.6 Å². The van der Waals surface area contributed by atoms with Crippen LogP contribution in [0.15, 0.2) is 71.3 Å². The monoisotopic (exact) mass is 417 g/mol. The highest BCUT2D eigenvalue weighted by Gasteiger charge is 2.19. The van der Waals surface area contributed by atoms with Crippen molar-refractivity contribution in [1.29, 1.82) is 0 Å². The molecule has 0 saturated carbocycles. The van der Waals surface area contributed by atoms with Crippen molar-refractivity contribution >= 4 is 11.8 Å². The van der Waals surface area contributed by atoms with Crippen molar-refractivity contribution in [2.75, 3.05) is 6.54 Å². The fourth-order valence-corrected chi connectivity index (χ4v) is 2.95. The molecule has 0 bridgehead atoms. The SMILES string of the molecule is CC(NC(=O)CNC(=O)c1cc(-c2ccccc2)on1)c1nnnn1-c1ccccc1. The zero-order chi connectivity index (χ0) is 21.6. The van der Waals surface area contributed by atoms with Crippen LogP contribution in [0.1, 0.15) is 29.3 Å². The number of nitrogens with zero attached hydrogens (tertiary/aromatic N) is 5. The van der Waals surface area contributed by atoms with Crippen molar-refractivity contribution in [3.05, 3.63) is 78.2 Å². The first-order valence-electron chi connectivity index (χ1n) is 9.55. The van der Waals surface area contributed by atoms with Crippen molar-refractivity contribution in [1.82, 2.24) is 36.0 Å². The Bertz CT molecular complexity index is 1170. The topological polar surface area (TPSA) is 128 Å². The van der Waals surface area contributed by atoms with Crippen molar-refractivity contribution in [2.45, 2.75) is 13.0 Å². The average molecular weight is 417 g/mol. The van der Waals surface area contributed by atoms with E-state index >= 15 is 0 Å². The summed E-state index contributed by atoms with van der Waals surface area (Å²) in [6.07, 6.45) is 0. The molecule has 10 nitrogen and oxygen atoms in total. The maximum Gasteiger partial charge on any atom is 0.273 e. The summed E-state index contributed by atoms with van der Waals surface area (Å²) in [6.45, 7) is 1.53. The van der Waals surface area contributed by atoms with Crippen LogP contribution < -0.4 is 10.6 Å². The van der Waals surface area contributed by atoms with E-state index in [1.165, 1.54) is 6.07 Å². The molecule has 0 radical (unpaired) electrons. The number of hydrogen-bond acceptors (Lipinski definition) is 7. The predicted molar refractivity (Wildman–Crippen MR) is 110 cm³/mol. The van der Waals surface area contributed by atoms with E-state index in [4.69, 9.17) is 4.52 Å². The van der Waals surface area contributed by atoms with Gasteiger partial charge >= 0.3 is 0 Å². The van der Waals surface area contributed by atoms with Gasteiger partial charge in [-0.1, -0.05) is 53.7 Å². The molecule has 4 rings (SSSR count). The van der Waals surface area contributed by atoms with Crippen LogP contribution in [-0.4, -0.2) is 43.7 Å². The second kappa shape index (κ2) is 8.99. The fraction of sp³-hybridized carbons (Fsp3) is 0.143. The summed E-state index contributed by atoms with van der Waals surface area (Å²) in [6, 6.07) is 19.7. The van der Waals surface area contributed by atoms with Crippen molar-refractivity contribution in [3.8, 4) is 17.0 Å². The zero-order valence-electron chi connectivity index (χ0n) is 16.6. The summed E-state index contributed by atoms with van der Waals surface area (Å²) in [4.78, 5) is 24.6. The Balaban J connectivity index is 1.33. The van der Waals surface area contributed by atoms with Crippen LogP contribution >= 0.6 is 0 Å². The lowest BCUT2D eigenvalue weighted by Crippen LogP contribution is -2.38. The number of amides is 2. The predicted octanol–water partition coefficient (Wildman–Crippen LogP) is 1.92. The lowest BCUT2D eigenvalue weighted by molar-refractivity contribution is -0.120. The highest BCUT2D eigenvalue weighted by atomic mass is 16.5. The lowest BCUT2D eigenvalue weighted by atomic mass is 10.1. The summed E-state index contributed by atoms with van der Waals surface area (Å²) < 4.78 is 6.76. The molecule has 2 heterocycles. The first-order chi connectivity index (χ1) is 15.1. The molecule has 2 N–H and O–H groups in total. The average Bonchev–Trinajstić information content (AvgIpc) is 3.49. The number of carbonyl (C=O) groups excluding carboxylic acids is 2. The molecule has 10 heteroatoms. The van der Waals surface area contributed by atoms with Crippen LogP contribution in [0, 0.1) is 0 Å². The van der Waals surface area contributed by atoms with Crippen LogP contribution in [0.25, 0.3) is 17.0 Å². The second-order valence-corrected chi connectivity index (χ2v) is 6.70. The number of benzene rings is 2. The van der Waals surface area contributed by atoms with Crippen LogP contribution in [0.4, 0.5) is 0 Å². The Morgan fingerprint density at radius 3 is 2.52 bits per heavy atom. The fourth-order valence-electron chi connectivity index (χ4n) is 2.95. The normalized spacial score (nSPS) is 11.6. The third-order valence-corrected chi connectivity index (χ3v) is 4.47. The Hall–Kier alpha value is -4.34. The smallest absolute Gasteiger partial charge is 0.273 e. The van der Waals surface area contributed by atoms with Gasteiger partial charge in [-0.05, 0) is 29.5 Å². The molecule has 1 unspecified atom stereocenters. The minimum atomic E-state index is -0.511. The highest BCUT2D eigenvalue weighted by molar-refractivity contribution is 5.95. The van der Waals surface area contributed by atoms with Gasteiger partial charge < -0.3 is 15.2 Å². The van der Waals surface area contributed by atoms with Crippen molar-refractivity contribution in [3.63, 3.8) is 0 Å². The third-order valence-electron chi connectivity index (χ3n) is 4.47. The number of aromatic nitrogens is 5. The third kappa shape index (κ3) is 4.64. The van der Waals surface area contributed by atoms with Gasteiger partial charge in [0.05, 0.1) is 18.3 Å². The number of para-hydroxylation sites is 1. The zero-order valence-corrected chi connectivity index (χ0v) is 16.6. The first kappa shape index (κ1) is 20.0. The summed E-state index contributed by atoms with van der Waals surface area (Å²) >= 11 is 0. The summed E-state index contributed by atoms with van der Waals surface area (Å²) in [5.74, 6) is 0.0320. The van der Waals surface area contributed by atoms with Gasteiger partial charge in [-0.25, -0.2) is 0 Å². The molecule has 1 atom stereocenters. The molecule has 0 aliphatic rings. The van der Waals surface area contributed by atoms with Crippen LogP contribution in [0.5, 0.6) is 0 Å². The summed E-state index contributed by atoms with van der Waals surface area (Å²) in [5, 5.41) is 20.7. The number of nitrogens with one attached hydrogen (secondary N) is 2. The van der Waals surface area contributed by atoms with Gasteiger partial charge in [-0.3, -0.25) is 9.59 Å². The van der Waals surface area contributed by atoms with Crippen LogP contribution in [-0.2, 0) is 4.79 Å². The van der Waals surface area contributed by atoms with E-state index in [-0.39, 0.29) is 12.2 Å². The van der Waals surface area contributed by atoms with Crippen LogP contribution in [0.3, 0.4) is 0 Å². The van der Waals surface area contributed by atoms with E-state index in [0.717, 1.165) is 11.3 Å².